The quantitative estimate of drug-likeness (QED) is 0.0274. The maximum atomic E-state index is 6.23. The van der Waals surface area contributed by atoms with Gasteiger partial charge in [0.25, 0.3) is 0 Å². The van der Waals surface area contributed by atoms with E-state index >= 15 is 0 Å². The maximum absolute atomic E-state index is 6.23. The van der Waals surface area contributed by atoms with E-state index in [1.807, 2.05) is 11.3 Å². The second-order valence-electron chi connectivity index (χ2n) is 31.3. The lowest BCUT2D eigenvalue weighted by Crippen LogP contribution is -2.26. The largest absolute Gasteiger partial charge is 0.236 e. The lowest BCUT2D eigenvalue weighted by atomic mass is 9.69. The van der Waals surface area contributed by atoms with Crippen LogP contribution in [0.5, 0.6) is 0 Å². The van der Waals surface area contributed by atoms with Gasteiger partial charge in [0, 0.05) is 38.5 Å². The van der Waals surface area contributed by atoms with Crippen molar-refractivity contribution in [1.82, 2.24) is 4.98 Å². The summed E-state index contributed by atoms with van der Waals surface area (Å²) in [6.45, 7) is 14.1. The Morgan fingerprint density at radius 1 is 0.290 bits per heavy atom. The minimum atomic E-state index is -0.0968. The lowest BCUT2D eigenvalue weighted by Gasteiger charge is -2.34. The predicted octanol–water partition coefficient (Wildman–Crippen LogP) is 30.3. The fourth-order valence-corrected chi connectivity index (χ4v) is 19.6. The smallest absolute Gasteiger partial charge is 0.124 e. The Kier molecular flexibility index (Phi) is 28.1. The SMILES string of the molecule is C#Cc1ccc2c(c1)C(CCCCCCCC)(CCCCCCCC)c1cc(C#Cc3ccc4c(c3)C(CCCCCCCC)(CCCCCCCC)c3cc(-c5ccc6c(c5)C(CCCCCCCC)(CCCCCCCC)c5cc(-c7nc8ccccc8s7)ccc5-6)ccc3-4)ccc1-2. The van der Waals surface area contributed by atoms with Gasteiger partial charge in [-0.3, -0.25) is 0 Å². The first kappa shape index (κ1) is 74.7. The van der Waals surface area contributed by atoms with Gasteiger partial charge in [0.1, 0.15) is 5.01 Å². The molecule has 0 radical (unpaired) electrons. The van der Waals surface area contributed by atoms with Crippen LogP contribution in [0.2, 0.25) is 0 Å². The van der Waals surface area contributed by atoms with Gasteiger partial charge in [0.2, 0.25) is 0 Å². The summed E-state index contributed by atoms with van der Waals surface area (Å²) in [5.41, 5.74) is 26.0. The minimum Gasteiger partial charge on any atom is -0.236 e. The van der Waals surface area contributed by atoms with Gasteiger partial charge in [0.15, 0.2) is 0 Å². The summed E-state index contributed by atoms with van der Waals surface area (Å²) in [4.78, 5) is 5.28. The third-order valence-electron chi connectivity index (χ3n) is 24.2. The Bertz CT molecular complexity index is 3930. The highest BCUT2D eigenvalue weighted by molar-refractivity contribution is 7.21. The fraction of sp³-hybridized carbons (Fsp3) is 0.520. The van der Waals surface area contributed by atoms with Crippen LogP contribution in [0.4, 0.5) is 0 Å². The number of terminal acetylenes is 1. The van der Waals surface area contributed by atoms with Gasteiger partial charge in [-0.2, -0.15) is 0 Å². The van der Waals surface area contributed by atoms with E-state index in [4.69, 9.17) is 11.4 Å². The molecule has 100 heavy (non-hydrogen) atoms. The normalized spacial score (nSPS) is 13.9. The molecule has 11 rings (SSSR count). The molecule has 1 nitrogen and oxygen atoms in total. The van der Waals surface area contributed by atoms with Crippen LogP contribution in [0.3, 0.4) is 0 Å². The van der Waals surface area contributed by atoms with Crippen molar-refractivity contribution < 1.29 is 0 Å². The Labute approximate surface area is 612 Å². The Morgan fingerprint density at radius 2 is 0.560 bits per heavy atom. The average Bonchev–Trinajstić information content (AvgIpc) is 1.57. The molecule has 0 atom stereocenters. The van der Waals surface area contributed by atoms with Crippen LogP contribution in [0.15, 0.2) is 133 Å². The molecule has 3 aliphatic rings. The van der Waals surface area contributed by atoms with Crippen LogP contribution in [0, 0.1) is 24.2 Å². The molecule has 8 aromatic rings. The first-order valence-corrected chi connectivity index (χ1v) is 42.3. The van der Waals surface area contributed by atoms with Crippen molar-refractivity contribution >= 4 is 21.6 Å². The summed E-state index contributed by atoms with van der Waals surface area (Å²) in [6.07, 6.45) is 60.2. The van der Waals surface area contributed by atoms with E-state index in [0.717, 1.165) is 27.2 Å². The molecule has 0 saturated heterocycles. The molecule has 528 valence electrons. The molecule has 0 fully saturated rings. The van der Waals surface area contributed by atoms with Crippen LogP contribution in [0.25, 0.3) is 65.3 Å². The molecule has 0 amide bonds. The molecule has 0 aliphatic heterocycles. The van der Waals surface area contributed by atoms with Crippen molar-refractivity contribution in [2.45, 2.75) is 327 Å². The summed E-state index contributed by atoms with van der Waals surface area (Å²) in [5, 5.41) is 1.14. The van der Waals surface area contributed by atoms with Gasteiger partial charge in [-0.05, 0) is 183 Å². The van der Waals surface area contributed by atoms with E-state index in [2.05, 4.69) is 193 Å². The number of rotatable bonds is 44. The lowest BCUT2D eigenvalue weighted by molar-refractivity contribution is 0.397. The van der Waals surface area contributed by atoms with Crippen molar-refractivity contribution in [2.24, 2.45) is 0 Å². The molecule has 3 aliphatic carbocycles. The minimum absolute atomic E-state index is 0.0616. The second-order valence-corrected chi connectivity index (χ2v) is 32.3. The summed E-state index contributed by atoms with van der Waals surface area (Å²) in [6, 6.07) is 53.5. The number of hydrogen-bond donors (Lipinski definition) is 0. The number of aromatic nitrogens is 1. The van der Waals surface area contributed by atoms with E-state index < -0.39 is 0 Å². The molecule has 1 heterocycles. The van der Waals surface area contributed by atoms with Crippen LogP contribution in [-0.2, 0) is 16.2 Å². The Morgan fingerprint density at radius 3 is 0.890 bits per heavy atom. The topological polar surface area (TPSA) is 12.9 Å². The predicted molar refractivity (Wildman–Crippen MR) is 437 cm³/mol. The van der Waals surface area contributed by atoms with Crippen molar-refractivity contribution in [3.63, 3.8) is 0 Å². The van der Waals surface area contributed by atoms with Crippen molar-refractivity contribution in [1.29, 1.82) is 0 Å². The van der Waals surface area contributed by atoms with Crippen LogP contribution in [0.1, 0.15) is 361 Å². The molecule has 7 aromatic carbocycles. The molecule has 0 N–H and O–H groups in total. The average molecular weight is 1350 g/mol. The first-order valence-electron chi connectivity index (χ1n) is 41.5. The standard InChI is InChI=1S/C98H125NS/c1-8-15-21-27-33-41-63-96(64-42-34-28-22-16-9-2)87-69-75(14-7)51-57-81(87)82-58-52-76(70-88(82)96)49-50-77-53-59-83-84-60-54-78(72-90(84)97(89(83)71-77,65-43-35-29-23-17-10-3)66-44-36-30-24-18-11-4)79-55-61-85-86-62-56-80(95-99-93-47-39-40-48-94(93)100-95)74-92(86)98(91(85)73-79,67-45-37-31-25-19-12-5)68-46-38-32-26-20-13-6/h7,39-40,47-48,51-62,69-74H,8-13,15-38,41-46,63-68H2,1-6H3. The monoisotopic (exact) mass is 1350 g/mol. The van der Waals surface area contributed by atoms with Crippen molar-refractivity contribution in [2.75, 3.05) is 0 Å². The molecule has 1 aromatic heterocycles. The van der Waals surface area contributed by atoms with E-state index in [1.165, 1.54) is 341 Å². The first-order chi connectivity index (χ1) is 49.3. The Hall–Kier alpha value is -6.45. The number of fused-ring (bicyclic) bond motifs is 10. The molecule has 0 spiro atoms. The molecule has 2 heteroatoms. The van der Waals surface area contributed by atoms with Crippen molar-refractivity contribution in [3.05, 3.63) is 184 Å². The maximum Gasteiger partial charge on any atom is 0.124 e. The van der Waals surface area contributed by atoms with E-state index in [1.54, 1.807) is 16.7 Å². The highest BCUT2D eigenvalue weighted by Crippen LogP contribution is 2.59. The third-order valence-corrected chi connectivity index (χ3v) is 25.3. The van der Waals surface area contributed by atoms with Crippen LogP contribution >= 0.6 is 11.3 Å². The number of benzene rings is 7. The zero-order valence-corrected chi connectivity index (χ0v) is 64.1. The van der Waals surface area contributed by atoms with Gasteiger partial charge in [-0.1, -0.05) is 357 Å². The number of unbranched alkanes of at least 4 members (excludes halogenated alkanes) is 30. The summed E-state index contributed by atoms with van der Waals surface area (Å²) in [5.74, 6) is 10.8. The van der Waals surface area contributed by atoms with E-state index in [9.17, 15) is 0 Å². The van der Waals surface area contributed by atoms with Gasteiger partial charge >= 0.3 is 0 Å². The zero-order chi connectivity index (χ0) is 69.4. The molecule has 0 saturated carbocycles. The highest BCUT2D eigenvalue weighted by atomic mass is 32.1. The third kappa shape index (κ3) is 17.4. The number of nitrogens with zero attached hydrogens (tertiary/aromatic N) is 1. The fourth-order valence-electron chi connectivity index (χ4n) is 18.6. The molecular formula is C98H125NS. The van der Waals surface area contributed by atoms with Crippen LogP contribution < -0.4 is 0 Å². The van der Waals surface area contributed by atoms with E-state index in [0.29, 0.717) is 0 Å². The van der Waals surface area contributed by atoms with Crippen molar-refractivity contribution in [3.8, 4) is 79.3 Å². The van der Waals surface area contributed by atoms with Gasteiger partial charge in [0.05, 0.1) is 10.2 Å². The van der Waals surface area contributed by atoms with Gasteiger partial charge in [-0.25, -0.2) is 4.98 Å². The number of thiazole rings is 1. The summed E-state index contributed by atoms with van der Waals surface area (Å²) >= 11 is 1.85. The molecule has 0 unspecified atom stereocenters. The van der Waals surface area contributed by atoms with E-state index in [-0.39, 0.29) is 16.2 Å². The highest BCUT2D eigenvalue weighted by Gasteiger charge is 2.46. The zero-order valence-electron chi connectivity index (χ0n) is 63.3. The van der Waals surface area contributed by atoms with Gasteiger partial charge in [-0.15, -0.1) is 17.8 Å². The van der Waals surface area contributed by atoms with Gasteiger partial charge < -0.3 is 0 Å². The summed E-state index contributed by atoms with van der Waals surface area (Å²) in [7, 11) is 0. The molecule has 0 bridgehead atoms. The molecular weight excluding hydrogens is 1220 g/mol. The summed E-state index contributed by atoms with van der Waals surface area (Å²) < 4.78 is 1.27. The van der Waals surface area contributed by atoms with Crippen LogP contribution in [-0.4, -0.2) is 4.98 Å². The number of hydrogen-bond acceptors (Lipinski definition) is 2. The Balaban J connectivity index is 0.988. The number of para-hydroxylation sites is 1. The second kappa shape index (κ2) is 37.6.